The van der Waals surface area contributed by atoms with Gasteiger partial charge in [0.15, 0.2) is 0 Å². The normalized spacial score (nSPS) is 12.4. The monoisotopic (exact) mass is 367 g/mol. The highest BCUT2D eigenvalue weighted by Gasteiger charge is 2.19. The summed E-state index contributed by atoms with van der Waals surface area (Å²) in [6.45, 7) is 7.70. The van der Waals surface area contributed by atoms with Crippen LogP contribution >= 0.6 is 23.2 Å². The van der Waals surface area contributed by atoms with Crippen LogP contribution < -0.4 is 0 Å². The van der Waals surface area contributed by atoms with Gasteiger partial charge in [-0.2, -0.15) is 0 Å². The van der Waals surface area contributed by atoms with Crippen molar-refractivity contribution in [3.63, 3.8) is 0 Å². The van der Waals surface area contributed by atoms with Gasteiger partial charge in [-0.25, -0.2) is 9.78 Å². The van der Waals surface area contributed by atoms with Gasteiger partial charge >= 0.3 is 6.03 Å². The topological polar surface area (TPSA) is 38.1 Å². The smallest absolute Gasteiger partial charge is 0.324 e. The summed E-state index contributed by atoms with van der Waals surface area (Å²) in [5.41, 5.74) is 1.05. The second-order valence-corrected chi connectivity index (χ2v) is 7.44. The third kappa shape index (κ3) is 5.25. The third-order valence-electron chi connectivity index (χ3n) is 3.70. The molecule has 1 aromatic heterocycles. The first-order valence-electron chi connectivity index (χ1n) is 8.08. The summed E-state index contributed by atoms with van der Waals surface area (Å²) < 4.78 is 1.52. The molecule has 1 atom stereocenters. The second-order valence-electron chi connectivity index (χ2n) is 6.60. The van der Waals surface area contributed by atoms with Crippen LogP contribution in [0.1, 0.15) is 26.3 Å². The molecule has 0 aliphatic heterocycles. The number of nitrogens with zero attached hydrogens (tertiary/aromatic N) is 3. The van der Waals surface area contributed by atoms with E-state index >= 15 is 0 Å². The predicted octanol–water partition coefficient (Wildman–Crippen LogP) is 4.99. The first-order valence-corrected chi connectivity index (χ1v) is 8.83. The van der Waals surface area contributed by atoms with Crippen molar-refractivity contribution in [2.75, 3.05) is 13.1 Å². The zero-order valence-corrected chi connectivity index (χ0v) is 15.8. The van der Waals surface area contributed by atoms with Gasteiger partial charge in [0.1, 0.15) is 6.33 Å². The van der Waals surface area contributed by atoms with Gasteiger partial charge in [-0.3, -0.25) is 4.57 Å². The molecule has 0 spiro atoms. The fourth-order valence-electron chi connectivity index (χ4n) is 2.71. The molecule has 0 N–H and O–H groups in total. The van der Waals surface area contributed by atoms with Gasteiger partial charge in [0.2, 0.25) is 0 Å². The summed E-state index contributed by atoms with van der Waals surface area (Å²) in [5.74, 6) is 0.665. The highest BCUT2D eigenvalue weighted by Crippen LogP contribution is 2.24. The van der Waals surface area contributed by atoms with E-state index in [-0.39, 0.29) is 11.9 Å². The molecule has 2 aromatic rings. The molecule has 2 rings (SSSR count). The van der Waals surface area contributed by atoms with Crippen LogP contribution in [-0.2, 0) is 6.42 Å². The quantitative estimate of drug-likeness (QED) is 0.720. The zero-order chi connectivity index (χ0) is 17.7. The molecule has 1 aromatic carbocycles. The standard InChI is InChI=1S/C18H23Cl2N3O/c1-13(2)10-23(18(24)22-7-6-21-12-22)11-14(3)8-15-4-5-16(19)9-17(15)20/h4-7,9,12-14H,8,10-11H2,1-3H3. The maximum atomic E-state index is 12.6. The fraction of sp³-hybridized carbons (Fsp3) is 0.444. The Kier molecular flexibility index (Phi) is 6.69. The summed E-state index contributed by atoms with van der Waals surface area (Å²) in [6, 6.07) is 5.51. The molecule has 6 heteroatoms. The molecule has 130 valence electrons. The number of imidazole rings is 1. The molecule has 0 saturated heterocycles. The van der Waals surface area contributed by atoms with E-state index in [0.29, 0.717) is 29.1 Å². The number of hydrogen-bond acceptors (Lipinski definition) is 2. The van der Waals surface area contributed by atoms with Crippen LogP contribution in [0.25, 0.3) is 0 Å². The van der Waals surface area contributed by atoms with Crippen molar-refractivity contribution in [3.05, 3.63) is 52.5 Å². The SMILES string of the molecule is CC(C)CN(CC(C)Cc1ccc(Cl)cc1Cl)C(=O)n1ccnc1. The van der Waals surface area contributed by atoms with Gasteiger partial charge < -0.3 is 4.90 Å². The van der Waals surface area contributed by atoms with Crippen LogP contribution in [0.2, 0.25) is 10.0 Å². The minimum atomic E-state index is -0.0461. The molecule has 0 saturated carbocycles. The number of amides is 1. The lowest BCUT2D eigenvalue weighted by molar-refractivity contribution is 0.183. The molecule has 1 amide bonds. The van der Waals surface area contributed by atoms with Crippen molar-refractivity contribution >= 4 is 29.2 Å². The third-order valence-corrected chi connectivity index (χ3v) is 4.28. The number of hydrogen-bond donors (Lipinski definition) is 0. The van der Waals surface area contributed by atoms with Crippen molar-refractivity contribution in [1.29, 1.82) is 0 Å². The zero-order valence-electron chi connectivity index (χ0n) is 14.2. The summed E-state index contributed by atoms with van der Waals surface area (Å²) >= 11 is 12.2. The molecule has 0 aliphatic carbocycles. The Bertz CT molecular complexity index is 671. The van der Waals surface area contributed by atoms with Gasteiger partial charge in [0.05, 0.1) is 0 Å². The van der Waals surface area contributed by atoms with Crippen molar-refractivity contribution in [1.82, 2.24) is 14.5 Å². The lowest BCUT2D eigenvalue weighted by atomic mass is 10.00. The minimum absolute atomic E-state index is 0.0461. The van der Waals surface area contributed by atoms with Crippen molar-refractivity contribution in [2.45, 2.75) is 27.2 Å². The number of aromatic nitrogens is 2. The van der Waals surface area contributed by atoms with E-state index in [1.165, 1.54) is 10.9 Å². The van der Waals surface area contributed by atoms with E-state index in [0.717, 1.165) is 12.0 Å². The summed E-state index contributed by atoms with van der Waals surface area (Å²) in [7, 11) is 0. The van der Waals surface area contributed by atoms with E-state index in [4.69, 9.17) is 23.2 Å². The van der Waals surface area contributed by atoms with E-state index in [1.54, 1.807) is 18.5 Å². The lowest BCUT2D eigenvalue weighted by Crippen LogP contribution is -2.40. The number of carbonyl (C=O) groups is 1. The first-order chi connectivity index (χ1) is 11.4. The van der Waals surface area contributed by atoms with Crippen molar-refractivity contribution < 1.29 is 4.79 Å². The highest BCUT2D eigenvalue weighted by molar-refractivity contribution is 6.35. The highest BCUT2D eigenvalue weighted by atomic mass is 35.5. The van der Waals surface area contributed by atoms with E-state index in [1.807, 2.05) is 17.0 Å². The molecule has 0 aliphatic rings. The van der Waals surface area contributed by atoms with Crippen LogP contribution in [0.3, 0.4) is 0 Å². The van der Waals surface area contributed by atoms with Gasteiger partial charge in [0, 0.05) is 35.5 Å². The van der Waals surface area contributed by atoms with Gasteiger partial charge in [0.25, 0.3) is 0 Å². The lowest BCUT2D eigenvalue weighted by Gasteiger charge is -2.27. The fourth-order valence-corrected chi connectivity index (χ4v) is 3.20. The Labute approximate surface area is 153 Å². The Balaban J connectivity index is 2.06. The van der Waals surface area contributed by atoms with Crippen molar-refractivity contribution in [2.24, 2.45) is 11.8 Å². The molecule has 0 radical (unpaired) electrons. The van der Waals surface area contributed by atoms with E-state index < -0.39 is 0 Å². The molecule has 24 heavy (non-hydrogen) atoms. The molecular formula is C18H23Cl2N3O. The summed E-state index contributed by atoms with van der Waals surface area (Å²) in [6.07, 6.45) is 5.62. The number of halogens is 2. The number of rotatable bonds is 6. The van der Waals surface area contributed by atoms with Gasteiger partial charge in [-0.15, -0.1) is 0 Å². The maximum absolute atomic E-state index is 12.6. The predicted molar refractivity (Wildman–Crippen MR) is 98.8 cm³/mol. The Morgan fingerprint density at radius 3 is 2.58 bits per heavy atom. The Hall–Kier alpha value is -1.52. The molecule has 4 nitrogen and oxygen atoms in total. The largest absolute Gasteiger partial charge is 0.329 e. The first kappa shape index (κ1) is 18.8. The van der Waals surface area contributed by atoms with Crippen LogP contribution in [0.5, 0.6) is 0 Å². The second kappa shape index (κ2) is 8.54. The molecule has 0 bridgehead atoms. The molecule has 0 fully saturated rings. The van der Waals surface area contributed by atoms with Gasteiger partial charge in [-0.1, -0.05) is 50.0 Å². The summed E-state index contributed by atoms with van der Waals surface area (Å²) in [5, 5.41) is 1.30. The molecule has 1 heterocycles. The minimum Gasteiger partial charge on any atom is -0.324 e. The van der Waals surface area contributed by atoms with Gasteiger partial charge in [-0.05, 0) is 36.0 Å². The van der Waals surface area contributed by atoms with E-state index in [9.17, 15) is 4.79 Å². The van der Waals surface area contributed by atoms with E-state index in [2.05, 4.69) is 25.8 Å². The van der Waals surface area contributed by atoms with Crippen LogP contribution in [-0.4, -0.2) is 33.6 Å². The van der Waals surface area contributed by atoms with Crippen LogP contribution in [0, 0.1) is 11.8 Å². The average molecular weight is 368 g/mol. The maximum Gasteiger partial charge on any atom is 0.329 e. The number of carbonyl (C=O) groups excluding carboxylic acids is 1. The Morgan fingerprint density at radius 2 is 2.00 bits per heavy atom. The van der Waals surface area contributed by atoms with Crippen LogP contribution in [0.4, 0.5) is 4.79 Å². The van der Waals surface area contributed by atoms with Crippen LogP contribution in [0.15, 0.2) is 36.9 Å². The summed E-state index contributed by atoms with van der Waals surface area (Å²) in [4.78, 5) is 18.5. The average Bonchev–Trinajstić information content (AvgIpc) is 3.02. The molecule has 1 unspecified atom stereocenters. The molecular weight excluding hydrogens is 345 g/mol. The number of benzene rings is 1. The van der Waals surface area contributed by atoms with Crippen molar-refractivity contribution in [3.8, 4) is 0 Å². The Morgan fingerprint density at radius 1 is 1.25 bits per heavy atom.